The monoisotopic (exact) mass is 314 g/mol. The molecule has 1 atom stereocenters. The Labute approximate surface area is 135 Å². The highest BCUT2D eigenvalue weighted by Crippen LogP contribution is 2.36. The zero-order chi connectivity index (χ0) is 17.3. The van der Waals surface area contributed by atoms with E-state index in [9.17, 15) is 14.7 Å². The molecule has 0 spiro atoms. The van der Waals surface area contributed by atoms with Gasteiger partial charge in [-0.05, 0) is 44.4 Å². The van der Waals surface area contributed by atoms with Gasteiger partial charge in [0.25, 0.3) is 0 Å². The fourth-order valence-corrected chi connectivity index (χ4v) is 2.94. The Kier molecular flexibility index (Phi) is 9.38. The Balaban J connectivity index is 5.05. The van der Waals surface area contributed by atoms with E-state index in [1.807, 2.05) is 34.6 Å². The SMILES string of the molecule is CCCCCC(C)OC(=O)C(CC(C)C)(CC(C)C)C(=O)O. The Morgan fingerprint density at radius 2 is 1.50 bits per heavy atom. The first-order valence-electron chi connectivity index (χ1n) is 8.60. The van der Waals surface area contributed by atoms with Gasteiger partial charge in [-0.25, -0.2) is 0 Å². The van der Waals surface area contributed by atoms with Crippen LogP contribution in [0.5, 0.6) is 0 Å². The lowest BCUT2D eigenvalue weighted by Gasteiger charge is -2.31. The van der Waals surface area contributed by atoms with Gasteiger partial charge in [0.1, 0.15) is 0 Å². The van der Waals surface area contributed by atoms with E-state index < -0.39 is 17.4 Å². The summed E-state index contributed by atoms with van der Waals surface area (Å²) >= 11 is 0. The third-order valence-electron chi connectivity index (χ3n) is 3.84. The van der Waals surface area contributed by atoms with Gasteiger partial charge in [0.05, 0.1) is 6.10 Å². The van der Waals surface area contributed by atoms with Crippen LogP contribution in [0, 0.1) is 17.3 Å². The number of carboxylic acids is 1. The van der Waals surface area contributed by atoms with E-state index in [0.717, 1.165) is 25.7 Å². The summed E-state index contributed by atoms with van der Waals surface area (Å²) < 4.78 is 5.51. The van der Waals surface area contributed by atoms with Crippen LogP contribution in [0.15, 0.2) is 0 Å². The van der Waals surface area contributed by atoms with Gasteiger partial charge in [-0.1, -0.05) is 47.5 Å². The maximum atomic E-state index is 12.6. The number of carboxylic acid groups (broad SMARTS) is 1. The van der Waals surface area contributed by atoms with Gasteiger partial charge in [-0.2, -0.15) is 0 Å². The molecule has 4 heteroatoms. The summed E-state index contributed by atoms with van der Waals surface area (Å²) in [5.74, 6) is -1.37. The molecule has 0 saturated carbocycles. The molecular weight excluding hydrogens is 280 g/mol. The van der Waals surface area contributed by atoms with Crippen LogP contribution in [0.1, 0.15) is 80.1 Å². The summed E-state index contributed by atoms with van der Waals surface area (Å²) in [4.78, 5) is 24.5. The lowest BCUT2D eigenvalue weighted by Crippen LogP contribution is -2.44. The predicted molar refractivity (Wildman–Crippen MR) is 88.7 cm³/mol. The van der Waals surface area contributed by atoms with Gasteiger partial charge in [-0.3, -0.25) is 9.59 Å². The van der Waals surface area contributed by atoms with Crippen molar-refractivity contribution in [3.8, 4) is 0 Å². The van der Waals surface area contributed by atoms with Crippen LogP contribution in [0.4, 0.5) is 0 Å². The minimum absolute atomic E-state index is 0.123. The van der Waals surface area contributed by atoms with Crippen molar-refractivity contribution in [3.05, 3.63) is 0 Å². The quantitative estimate of drug-likeness (QED) is 0.342. The van der Waals surface area contributed by atoms with Crippen molar-refractivity contribution in [3.63, 3.8) is 0 Å². The van der Waals surface area contributed by atoms with E-state index in [2.05, 4.69) is 6.92 Å². The average Bonchev–Trinajstić information content (AvgIpc) is 2.36. The van der Waals surface area contributed by atoms with E-state index >= 15 is 0 Å². The maximum Gasteiger partial charge on any atom is 0.323 e. The number of carbonyl (C=O) groups is 2. The van der Waals surface area contributed by atoms with Crippen molar-refractivity contribution in [1.29, 1.82) is 0 Å². The van der Waals surface area contributed by atoms with Crippen LogP contribution in [0.2, 0.25) is 0 Å². The van der Waals surface area contributed by atoms with Crippen molar-refractivity contribution < 1.29 is 19.4 Å². The Bertz CT molecular complexity index is 337. The van der Waals surface area contributed by atoms with Gasteiger partial charge >= 0.3 is 11.9 Å². The Morgan fingerprint density at radius 1 is 1.00 bits per heavy atom. The van der Waals surface area contributed by atoms with E-state index in [-0.39, 0.29) is 17.9 Å². The summed E-state index contributed by atoms with van der Waals surface area (Å²) in [6, 6.07) is 0. The van der Waals surface area contributed by atoms with Crippen LogP contribution >= 0.6 is 0 Å². The molecule has 0 aromatic carbocycles. The molecule has 0 heterocycles. The third-order valence-corrected chi connectivity index (χ3v) is 3.84. The summed E-state index contributed by atoms with van der Waals surface area (Å²) in [5.41, 5.74) is -1.42. The zero-order valence-corrected chi connectivity index (χ0v) is 15.1. The van der Waals surface area contributed by atoms with Gasteiger partial charge in [0.15, 0.2) is 5.41 Å². The molecule has 0 fully saturated rings. The average molecular weight is 314 g/mol. The molecule has 0 rings (SSSR count). The highest BCUT2D eigenvalue weighted by atomic mass is 16.5. The molecule has 0 aromatic rings. The minimum Gasteiger partial charge on any atom is -0.480 e. The normalized spacial score (nSPS) is 13.5. The molecule has 1 N–H and O–H groups in total. The van der Waals surface area contributed by atoms with Gasteiger partial charge in [0, 0.05) is 0 Å². The molecule has 0 aromatic heterocycles. The van der Waals surface area contributed by atoms with E-state index in [1.54, 1.807) is 0 Å². The highest BCUT2D eigenvalue weighted by molar-refractivity contribution is 5.99. The summed E-state index contributed by atoms with van der Waals surface area (Å²) in [7, 11) is 0. The third kappa shape index (κ3) is 6.80. The van der Waals surface area contributed by atoms with Crippen molar-refractivity contribution in [2.24, 2.45) is 17.3 Å². The molecule has 1 unspecified atom stereocenters. The summed E-state index contributed by atoms with van der Waals surface area (Å²) in [6.07, 6.45) is 4.42. The molecule has 0 aliphatic carbocycles. The fourth-order valence-electron chi connectivity index (χ4n) is 2.94. The van der Waals surface area contributed by atoms with E-state index in [0.29, 0.717) is 12.8 Å². The first-order valence-corrected chi connectivity index (χ1v) is 8.60. The number of unbranched alkanes of at least 4 members (excludes halogenated alkanes) is 2. The van der Waals surface area contributed by atoms with Crippen molar-refractivity contribution >= 4 is 11.9 Å². The number of hydrogen-bond donors (Lipinski definition) is 1. The second-order valence-corrected chi connectivity index (χ2v) is 7.29. The van der Waals surface area contributed by atoms with Crippen molar-refractivity contribution in [2.45, 2.75) is 86.2 Å². The molecule has 130 valence electrons. The second kappa shape index (κ2) is 9.86. The molecule has 0 aliphatic rings. The lowest BCUT2D eigenvalue weighted by atomic mass is 9.74. The molecule has 0 amide bonds. The molecule has 0 radical (unpaired) electrons. The van der Waals surface area contributed by atoms with Crippen molar-refractivity contribution in [2.75, 3.05) is 0 Å². The number of esters is 1. The molecule has 22 heavy (non-hydrogen) atoms. The topological polar surface area (TPSA) is 63.6 Å². The van der Waals surface area contributed by atoms with Crippen LogP contribution in [-0.4, -0.2) is 23.1 Å². The Hall–Kier alpha value is -1.06. The molecule has 4 nitrogen and oxygen atoms in total. The first-order chi connectivity index (χ1) is 10.2. The van der Waals surface area contributed by atoms with E-state index in [1.165, 1.54) is 0 Å². The number of aliphatic carboxylic acids is 1. The van der Waals surface area contributed by atoms with Crippen LogP contribution in [0.25, 0.3) is 0 Å². The van der Waals surface area contributed by atoms with Gasteiger partial charge < -0.3 is 9.84 Å². The van der Waals surface area contributed by atoms with Crippen LogP contribution in [-0.2, 0) is 14.3 Å². The largest absolute Gasteiger partial charge is 0.480 e. The molecular formula is C18H34O4. The van der Waals surface area contributed by atoms with E-state index in [4.69, 9.17) is 4.74 Å². The standard InChI is InChI=1S/C18H34O4/c1-7-8-9-10-15(6)22-17(21)18(16(19)20,11-13(2)3)12-14(4)5/h13-15H,7-12H2,1-6H3,(H,19,20). The lowest BCUT2D eigenvalue weighted by molar-refractivity contribution is -0.175. The first kappa shape index (κ1) is 20.9. The number of ether oxygens (including phenoxy) is 1. The highest BCUT2D eigenvalue weighted by Gasteiger charge is 2.48. The van der Waals surface area contributed by atoms with Crippen LogP contribution < -0.4 is 0 Å². The minimum atomic E-state index is -1.42. The molecule has 0 saturated heterocycles. The van der Waals surface area contributed by atoms with Crippen molar-refractivity contribution in [1.82, 2.24) is 0 Å². The fraction of sp³-hybridized carbons (Fsp3) is 0.889. The number of carbonyl (C=O) groups excluding carboxylic acids is 1. The zero-order valence-electron chi connectivity index (χ0n) is 15.1. The molecule has 0 bridgehead atoms. The smallest absolute Gasteiger partial charge is 0.323 e. The summed E-state index contributed by atoms with van der Waals surface area (Å²) in [6.45, 7) is 11.7. The van der Waals surface area contributed by atoms with Gasteiger partial charge in [-0.15, -0.1) is 0 Å². The maximum absolute atomic E-state index is 12.6. The number of hydrogen-bond acceptors (Lipinski definition) is 3. The predicted octanol–water partition coefficient (Wildman–Crippen LogP) is 4.66. The number of rotatable bonds is 11. The Morgan fingerprint density at radius 3 is 1.86 bits per heavy atom. The molecule has 0 aliphatic heterocycles. The summed E-state index contributed by atoms with van der Waals surface area (Å²) in [5, 5.41) is 9.72. The van der Waals surface area contributed by atoms with Gasteiger partial charge in [0.2, 0.25) is 0 Å². The second-order valence-electron chi connectivity index (χ2n) is 7.29. The van der Waals surface area contributed by atoms with Crippen LogP contribution in [0.3, 0.4) is 0 Å².